The molecule has 2 aliphatic heterocycles. The van der Waals surface area contributed by atoms with Gasteiger partial charge in [-0.15, -0.1) is 28.2 Å². The quantitative estimate of drug-likeness (QED) is 0.0454. The fraction of sp³-hybridized carbons (Fsp3) is 0.304. The van der Waals surface area contributed by atoms with Gasteiger partial charge in [0.1, 0.15) is 35.2 Å². The van der Waals surface area contributed by atoms with Crippen LogP contribution in [0.5, 0.6) is 5.75 Å². The molecule has 43 heavy (non-hydrogen) atoms. The molecule has 1 fully saturated rings. The van der Waals surface area contributed by atoms with Gasteiger partial charge in [-0.2, -0.15) is 0 Å². The molecule has 1 aromatic carbocycles. The lowest BCUT2D eigenvalue weighted by Crippen LogP contribution is -2.71. The molecule has 0 aliphatic carbocycles. The number of nitrogens with one attached hydrogen (secondary N) is 2. The molecule has 3 aromatic rings. The van der Waals surface area contributed by atoms with E-state index in [1.165, 1.54) is 44.6 Å². The van der Waals surface area contributed by atoms with E-state index in [9.17, 15) is 24.6 Å². The maximum atomic E-state index is 13.3. The zero-order valence-electron chi connectivity index (χ0n) is 22.1. The Labute approximate surface area is 260 Å². The van der Waals surface area contributed by atoms with Crippen LogP contribution in [-0.4, -0.2) is 99.9 Å². The van der Waals surface area contributed by atoms with Crippen molar-refractivity contribution in [3.05, 3.63) is 45.6 Å². The number of phenols is 1. The molecule has 2 amide bonds. The number of amides is 2. The number of fused-ring (bicyclic) bond motifs is 1. The average molecular weight is 667 g/mol. The zero-order valence-corrected chi connectivity index (χ0v) is 25.3. The van der Waals surface area contributed by atoms with Gasteiger partial charge in [0, 0.05) is 29.0 Å². The maximum Gasteiger partial charge on any atom is 0.352 e. The molecule has 20 heteroatoms. The maximum absolute atomic E-state index is 13.3. The van der Waals surface area contributed by atoms with Gasteiger partial charge in [-0.3, -0.25) is 14.5 Å². The number of nitrogens with zero attached hydrogens (tertiary/aromatic N) is 7. The number of aryl methyl sites for hydroxylation is 1. The minimum absolute atomic E-state index is 0.000188. The minimum atomic E-state index is -1.25. The molecule has 2 atom stereocenters. The Balaban J connectivity index is 1.24. The van der Waals surface area contributed by atoms with E-state index in [0.29, 0.717) is 27.2 Å². The number of oxime groups is 1. The number of carboxylic acids is 1. The van der Waals surface area contributed by atoms with Crippen LogP contribution in [0.3, 0.4) is 0 Å². The second kappa shape index (κ2) is 13.1. The van der Waals surface area contributed by atoms with E-state index < -0.39 is 29.2 Å². The number of β-lactam (4-membered cyclic amide) rings is 1. The Bertz CT molecular complexity index is 1630. The number of nitrogens with two attached hydrogens (primary N) is 1. The van der Waals surface area contributed by atoms with Crippen LogP contribution in [-0.2, 0) is 26.3 Å². The normalized spacial score (nSPS) is 18.2. The van der Waals surface area contributed by atoms with Crippen molar-refractivity contribution in [3.8, 4) is 5.75 Å². The molecule has 226 valence electrons. The lowest BCUT2D eigenvalue weighted by molar-refractivity contribution is -0.150. The number of thiazole rings is 1. The Kier molecular flexibility index (Phi) is 9.23. The number of rotatable bonds is 12. The highest BCUT2D eigenvalue weighted by Gasteiger charge is 2.54. The van der Waals surface area contributed by atoms with Gasteiger partial charge in [-0.25, -0.2) is 14.5 Å². The summed E-state index contributed by atoms with van der Waals surface area (Å²) in [6.45, 7) is 0.202. The number of benzene rings is 1. The molecule has 0 spiro atoms. The second-order valence-electron chi connectivity index (χ2n) is 8.92. The van der Waals surface area contributed by atoms with Crippen LogP contribution in [0.1, 0.15) is 5.69 Å². The topological polar surface area (TPSA) is 223 Å². The van der Waals surface area contributed by atoms with Gasteiger partial charge in [0.15, 0.2) is 10.8 Å². The highest BCUT2D eigenvalue weighted by atomic mass is 35.5. The van der Waals surface area contributed by atoms with E-state index >= 15 is 0 Å². The second-order valence-corrected chi connectivity index (χ2v) is 12.3. The summed E-state index contributed by atoms with van der Waals surface area (Å²) < 4.78 is 1.46. The number of thioether (sulfide) groups is 2. The summed E-state index contributed by atoms with van der Waals surface area (Å²) >= 11 is 9.62. The smallest absolute Gasteiger partial charge is 0.352 e. The monoisotopic (exact) mass is 666 g/mol. The van der Waals surface area contributed by atoms with E-state index in [1.54, 1.807) is 19.2 Å². The summed E-state index contributed by atoms with van der Waals surface area (Å²) in [7, 11) is 1.67. The van der Waals surface area contributed by atoms with Crippen molar-refractivity contribution in [1.82, 2.24) is 35.4 Å². The number of aromatic hydroxyl groups is 1. The summed E-state index contributed by atoms with van der Waals surface area (Å²) in [4.78, 5) is 49.2. The van der Waals surface area contributed by atoms with Crippen molar-refractivity contribution in [1.29, 1.82) is 0 Å². The van der Waals surface area contributed by atoms with Crippen LogP contribution in [0.25, 0.3) is 0 Å². The first kappa shape index (κ1) is 30.4. The molecular weight excluding hydrogens is 644 g/mol. The van der Waals surface area contributed by atoms with Crippen LogP contribution in [0.2, 0.25) is 5.02 Å². The lowest BCUT2D eigenvalue weighted by Gasteiger charge is -2.49. The fourth-order valence-corrected chi connectivity index (χ4v) is 7.15. The summed E-state index contributed by atoms with van der Waals surface area (Å²) in [5.41, 5.74) is 6.49. The van der Waals surface area contributed by atoms with E-state index in [4.69, 9.17) is 22.2 Å². The van der Waals surface area contributed by atoms with E-state index in [0.717, 1.165) is 11.3 Å². The molecule has 1 saturated heterocycles. The van der Waals surface area contributed by atoms with Crippen LogP contribution in [0, 0.1) is 0 Å². The van der Waals surface area contributed by atoms with Gasteiger partial charge < -0.3 is 31.4 Å². The number of phenolic OH excluding ortho intramolecular Hbond substituents is 1. The number of carboxylic acid groups (broad SMARTS) is 1. The highest BCUT2D eigenvalue weighted by molar-refractivity contribution is 8.01. The first-order chi connectivity index (χ1) is 20.6. The molecule has 0 bridgehead atoms. The molecule has 0 saturated carbocycles. The Morgan fingerprint density at radius 1 is 1.37 bits per heavy atom. The lowest BCUT2D eigenvalue weighted by atomic mass is 10.0. The third-order valence-corrected chi connectivity index (χ3v) is 9.44. The van der Waals surface area contributed by atoms with Gasteiger partial charge in [-0.05, 0) is 34.2 Å². The summed E-state index contributed by atoms with van der Waals surface area (Å²) in [6, 6.07) is 3.53. The molecule has 4 heterocycles. The van der Waals surface area contributed by atoms with Gasteiger partial charge in [0.25, 0.3) is 11.8 Å². The largest absolute Gasteiger partial charge is 0.506 e. The highest BCUT2D eigenvalue weighted by Crippen LogP contribution is 2.41. The predicted molar refractivity (Wildman–Crippen MR) is 160 cm³/mol. The average Bonchev–Trinajstić information content (AvgIpc) is 3.60. The number of halogens is 1. The van der Waals surface area contributed by atoms with Crippen molar-refractivity contribution < 1.29 is 29.4 Å². The number of aromatic nitrogens is 5. The Morgan fingerprint density at radius 2 is 2.19 bits per heavy atom. The Hall–Kier alpha value is -4.07. The van der Waals surface area contributed by atoms with Crippen LogP contribution in [0.4, 0.5) is 10.8 Å². The molecule has 6 N–H and O–H groups in total. The van der Waals surface area contributed by atoms with Gasteiger partial charge in [0.05, 0.1) is 12.2 Å². The third-order valence-electron chi connectivity index (χ3n) is 6.10. The summed E-state index contributed by atoms with van der Waals surface area (Å²) in [6.07, 6.45) is 0. The van der Waals surface area contributed by atoms with Crippen molar-refractivity contribution >= 4 is 80.8 Å². The third kappa shape index (κ3) is 6.63. The molecular formula is C23H23ClN10O6S3. The molecule has 2 aromatic heterocycles. The van der Waals surface area contributed by atoms with Gasteiger partial charge in [0.2, 0.25) is 5.16 Å². The van der Waals surface area contributed by atoms with Crippen molar-refractivity contribution in [2.75, 3.05) is 35.7 Å². The van der Waals surface area contributed by atoms with Crippen LogP contribution in [0.15, 0.2) is 45.2 Å². The van der Waals surface area contributed by atoms with Crippen molar-refractivity contribution in [2.24, 2.45) is 12.2 Å². The summed E-state index contributed by atoms with van der Waals surface area (Å²) in [5, 5.41) is 42.6. The van der Waals surface area contributed by atoms with Crippen molar-refractivity contribution in [2.45, 2.75) is 16.6 Å². The fourth-order valence-electron chi connectivity index (χ4n) is 4.09. The van der Waals surface area contributed by atoms with Gasteiger partial charge in [-0.1, -0.05) is 28.5 Å². The predicted octanol–water partition coefficient (Wildman–Crippen LogP) is 0.972. The number of hydrogen-bond donors (Lipinski definition) is 5. The van der Waals surface area contributed by atoms with Crippen molar-refractivity contribution in [3.63, 3.8) is 0 Å². The minimum Gasteiger partial charge on any atom is -0.506 e. The Morgan fingerprint density at radius 3 is 2.88 bits per heavy atom. The van der Waals surface area contributed by atoms with Gasteiger partial charge >= 0.3 is 5.97 Å². The first-order valence-corrected chi connectivity index (χ1v) is 15.6. The number of carbonyl (C=O) groups excluding carboxylic acids is 2. The number of nitrogen functional groups attached to an aromatic ring is 1. The molecule has 2 aliphatic rings. The number of hydrogen-bond acceptors (Lipinski definition) is 15. The first-order valence-electron chi connectivity index (χ1n) is 12.3. The van der Waals surface area contributed by atoms with E-state index in [-0.39, 0.29) is 46.9 Å². The zero-order chi connectivity index (χ0) is 30.7. The number of aliphatic carboxylic acids is 1. The number of anilines is 2. The van der Waals surface area contributed by atoms with Crippen LogP contribution >= 0.6 is 46.5 Å². The standard InChI is InChI=1S/C23H23ClN10O6S3/c1-33-23(29-31-32-33)43-8-10-7-41-20-16(19(37)34(20)17(10)21(38)39)28-18(36)15(13-9-42-22(25)27-13)30-40-5-4-26-12-6-11(24)2-3-14(12)35/h2-3,6,9,16,20,26,35H,4-5,7-8H2,1H3,(H2,25,27)(H,28,36)(H,38,39)/t16?,20-/m0/s1. The van der Waals surface area contributed by atoms with E-state index in [2.05, 4.69) is 36.3 Å². The molecule has 16 nitrogen and oxygen atoms in total. The molecule has 0 radical (unpaired) electrons. The number of tetrazole rings is 1. The molecule has 1 unspecified atom stereocenters. The van der Waals surface area contributed by atoms with E-state index in [1.807, 2.05) is 0 Å². The van der Waals surface area contributed by atoms with Crippen LogP contribution < -0.4 is 16.4 Å². The number of carbonyl (C=O) groups is 3. The summed E-state index contributed by atoms with van der Waals surface area (Å²) in [5.74, 6) is -1.98. The SMILES string of the molecule is Cn1nnnc1SCC1=C(C(=O)O)N2C(=O)C(NC(=O)C(=NOCCNc3cc(Cl)ccc3O)c3csc(N)n3)[C@@H]2SC1. The molecule has 5 rings (SSSR count).